The van der Waals surface area contributed by atoms with E-state index in [-0.39, 0.29) is 19.0 Å². The van der Waals surface area contributed by atoms with Crippen LogP contribution in [0.2, 0.25) is 5.02 Å². The Bertz CT molecular complexity index is 1040. The van der Waals surface area contributed by atoms with Crippen LogP contribution < -0.4 is 20.7 Å². The van der Waals surface area contributed by atoms with Crippen LogP contribution in [0.3, 0.4) is 0 Å². The molecule has 0 radical (unpaired) electrons. The highest BCUT2D eigenvalue weighted by Gasteiger charge is 2.10. The van der Waals surface area contributed by atoms with Gasteiger partial charge in [-0.3, -0.25) is 4.79 Å². The molecule has 0 aliphatic rings. The topological polar surface area (TPSA) is 79.5 Å². The lowest BCUT2D eigenvalue weighted by Gasteiger charge is -2.13. The van der Waals surface area contributed by atoms with E-state index < -0.39 is 6.03 Å². The fraction of sp³-hybridized carbons (Fsp3) is 0.130. The Morgan fingerprint density at radius 2 is 1.63 bits per heavy atom. The molecule has 3 N–H and O–H groups in total. The molecular formula is C23H22ClN3O3. The van der Waals surface area contributed by atoms with Gasteiger partial charge in [0.05, 0.1) is 16.3 Å². The third-order valence-corrected chi connectivity index (χ3v) is 4.50. The van der Waals surface area contributed by atoms with Gasteiger partial charge in [-0.15, -0.1) is 0 Å². The molecular weight excluding hydrogens is 402 g/mol. The Morgan fingerprint density at radius 3 is 2.43 bits per heavy atom. The Kier molecular flexibility index (Phi) is 7.29. The lowest BCUT2D eigenvalue weighted by molar-refractivity contribution is 0.0954. The number of rotatable bonds is 7. The number of benzene rings is 3. The maximum Gasteiger partial charge on any atom is 0.319 e. The van der Waals surface area contributed by atoms with E-state index in [1.807, 2.05) is 43.3 Å². The third-order valence-electron chi connectivity index (χ3n) is 4.17. The number of hydrogen-bond acceptors (Lipinski definition) is 3. The van der Waals surface area contributed by atoms with Gasteiger partial charge in [-0.1, -0.05) is 48.0 Å². The molecule has 0 fully saturated rings. The van der Waals surface area contributed by atoms with Crippen LogP contribution in [0.4, 0.5) is 10.5 Å². The van der Waals surface area contributed by atoms with Gasteiger partial charge in [0.25, 0.3) is 5.91 Å². The van der Waals surface area contributed by atoms with Crippen LogP contribution in [0.5, 0.6) is 11.5 Å². The quantitative estimate of drug-likeness (QED) is 0.468. The molecule has 0 bridgehead atoms. The second kappa shape index (κ2) is 10.3. The van der Waals surface area contributed by atoms with E-state index in [2.05, 4.69) is 16.0 Å². The summed E-state index contributed by atoms with van der Waals surface area (Å²) in [5.41, 5.74) is 2.01. The molecule has 0 saturated carbocycles. The minimum absolute atomic E-state index is 0.253. The largest absolute Gasteiger partial charge is 0.455 e. The minimum Gasteiger partial charge on any atom is -0.455 e. The molecule has 30 heavy (non-hydrogen) atoms. The molecule has 0 atom stereocenters. The van der Waals surface area contributed by atoms with E-state index >= 15 is 0 Å². The standard InChI is InChI=1S/C23H22ClN3O3/c1-16-7-6-8-17(15-16)30-21-12-5-4-11-20(21)27-23(29)26-14-13-25-22(28)18-9-2-3-10-19(18)24/h2-12,15H,13-14H2,1H3,(H,25,28)(H2,26,27,29). The fourth-order valence-electron chi connectivity index (χ4n) is 2.72. The molecule has 0 saturated heterocycles. The zero-order valence-electron chi connectivity index (χ0n) is 16.4. The van der Waals surface area contributed by atoms with Crippen LogP contribution in [0.1, 0.15) is 15.9 Å². The molecule has 0 aromatic heterocycles. The molecule has 0 spiro atoms. The van der Waals surface area contributed by atoms with Crippen molar-refractivity contribution < 1.29 is 14.3 Å². The van der Waals surface area contributed by atoms with Gasteiger partial charge in [-0.2, -0.15) is 0 Å². The first-order valence-corrected chi connectivity index (χ1v) is 9.82. The number of nitrogens with one attached hydrogen (secondary N) is 3. The second-order valence-electron chi connectivity index (χ2n) is 6.53. The number of para-hydroxylation sites is 2. The van der Waals surface area contributed by atoms with E-state index in [1.165, 1.54) is 0 Å². The molecule has 154 valence electrons. The van der Waals surface area contributed by atoms with Crippen molar-refractivity contribution in [2.45, 2.75) is 6.92 Å². The predicted octanol–water partition coefficient (Wildman–Crippen LogP) is 4.99. The number of amides is 3. The van der Waals surface area contributed by atoms with Gasteiger partial charge in [0.1, 0.15) is 5.75 Å². The number of halogens is 1. The molecule has 3 aromatic carbocycles. The van der Waals surface area contributed by atoms with Crippen molar-refractivity contribution in [3.8, 4) is 11.5 Å². The van der Waals surface area contributed by atoms with Crippen molar-refractivity contribution in [2.24, 2.45) is 0 Å². The number of urea groups is 1. The molecule has 0 aliphatic carbocycles. The molecule has 7 heteroatoms. The fourth-order valence-corrected chi connectivity index (χ4v) is 2.95. The number of anilines is 1. The van der Waals surface area contributed by atoms with E-state index in [0.717, 1.165) is 5.56 Å². The number of aryl methyl sites for hydroxylation is 1. The van der Waals surface area contributed by atoms with Crippen LogP contribution in [-0.2, 0) is 0 Å². The van der Waals surface area contributed by atoms with Crippen LogP contribution >= 0.6 is 11.6 Å². The van der Waals surface area contributed by atoms with E-state index in [0.29, 0.717) is 27.8 Å². The Balaban J connectivity index is 1.49. The summed E-state index contributed by atoms with van der Waals surface area (Å²) in [4.78, 5) is 24.3. The number of carbonyl (C=O) groups excluding carboxylic acids is 2. The SMILES string of the molecule is Cc1cccc(Oc2ccccc2NC(=O)NCCNC(=O)c2ccccc2Cl)c1. The molecule has 0 aliphatic heterocycles. The smallest absolute Gasteiger partial charge is 0.319 e. The summed E-state index contributed by atoms with van der Waals surface area (Å²) < 4.78 is 5.90. The summed E-state index contributed by atoms with van der Waals surface area (Å²) in [5.74, 6) is 0.928. The van der Waals surface area contributed by atoms with Gasteiger partial charge in [0.15, 0.2) is 5.75 Å². The normalized spacial score (nSPS) is 10.2. The average molecular weight is 424 g/mol. The summed E-state index contributed by atoms with van der Waals surface area (Å²) in [6, 6.07) is 21.2. The Labute approximate surface area is 180 Å². The van der Waals surface area contributed by atoms with Gasteiger partial charge in [0, 0.05) is 13.1 Å². The molecule has 6 nitrogen and oxygen atoms in total. The van der Waals surface area contributed by atoms with E-state index in [1.54, 1.807) is 36.4 Å². The predicted molar refractivity (Wildman–Crippen MR) is 119 cm³/mol. The first kappa shape index (κ1) is 21.2. The molecule has 3 amide bonds. The lowest BCUT2D eigenvalue weighted by atomic mass is 10.2. The lowest BCUT2D eigenvalue weighted by Crippen LogP contribution is -2.36. The van der Waals surface area contributed by atoms with Gasteiger partial charge in [-0.05, 0) is 48.9 Å². The first-order valence-electron chi connectivity index (χ1n) is 9.44. The van der Waals surface area contributed by atoms with Crippen molar-refractivity contribution in [1.82, 2.24) is 10.6 Å². The van der Waals surface area contributed by atoms with E-state index in [9.17, 15) is 9.59 Å². The van der Waals surface area contributed by atoms with Gasteiger partial charge >= 0.3 is 6.03 Å². The maximum atomic E-state index is 12.2. The van der Waals surface area contributed by atoms with Crippen LogP contribution in [0.15, 0.2) is 72.8 Å². The molecule has 0 heterocycles. The zero-order chi connectivity index (χ0) is 21.3. The highest BCUT2D eigenvalue weighted by atomic mass is 35.5. The van der Waals surface area contributed by atoms with Crippen molar-refractivity contribution in [3.05, 3.63) is 88.9 Å². The van der Waals surface area contributed by atoms with Crippen LogP contribution in [0, 0.1) is 6.92 Å². The average Bonchev–Trinajstić information content (AvgIpc) is 2.73. The van der Waals surface area contributed by atoms with Crippen molar-refractivity contribution >= 4 is 29.2 Å². The number of hydrogen-bond donors (Lipinski definition) is 3. The first-order chi connectivity index (χ1) is 14.5. The summed E-state index contributed by atoms with van der Waals surface area (Å²) in [6.07, 6.45) is 0. The minimum atomic E-state index is -0.401. The van der Waals surface area contributed by atoms with Crippen LogP contribution in [-0.4, -0.2) is 25.0 Å². The summed E-state index contributed by atoms with van der Waals surface area (Å²) in [6.45, 7) is 2.50. The van der Waals surface area contributed by atoms with Crippen LogP contribution in [0.25, 0.3) is 0 Å². The monoisotopic (exact) mass is 423 g/mol. The highest BCUT2D eigenvalue weighted by Crippen LogP contribution is 2.29. The number of ether oxygens (including phenoxy) is 1. The maximum absolute atomic E-state index is 12.2. The molecule has 3 rings (SSSR count). The molecule has 3 aromatic rings. The second-order valence-corrected chi connectivity index (χ2v) is 6.94. The summed E-state index contributed by atoms with van der Waals surface area (Å²) in [5, 5.41) is 8.56. The van der Waals surface area contributed by atoms with Gasteiger partial charge < -0.3 is 20.7 Å². The summed E-state index contributed by atoms with van der Waals surface area (Å²) >= 11 is 6.00. The Morgan fingerprint density at radius 1 is 0.900 bits per heavy atom. The van der Waals surface area contributed by atoms with Crippen molar-refractivity contribution in [2.75, 3.05) is 18.4 Å². The van der Waals surface area contributed by atoms with Crippen molar-refractivity contribution in [3.63, 3.8) is 0 Å². The van der Waals surface area contributed by atoms with Gasteiger partial charge in [0.2, 0.25) is 0 Å². The summed E-state index contributed by atoms with van der Waals surface area (Å²) in [7, 11) is 0. The Hall–Kier alpha value is -3.51. The van der Waals surface area contributed by atoms with E-state index in [4.69, 9.17) is 16.3 Å². The third kappa shape index (κ3) is 5.99. The van der Waals surface area contributed by atoms with Gasteiger partial charge in [-0.25, -0.2) is 4.79 Å². The number of carbonyl (C=O) groups is 2. The molecule has 0 unspecified atom stereocenters. The highest BCUT2D eigenvalue weighted by molar-refractivity contribution is 6.33. The zero-order valence-corrected chi connectivity index (χ0v) is 17.2. The van der Waals surface area contributed by atoms with Crippen molar-refractivity contribution in [1.29, 1.82) is 0 Å².